The highest BCUT2D eigenvalue weighted by Gasteiger charge is 2.13. The number of thioether (sulfide) groups is 1. The van der Waals surface area contributed by atoms with Crippen molar-refractivity contribution in [3.63, 3.8) is 0 Å². The average Bonchev–Trinajstić information content (AvgIpc) is 2.70. The second-order valence-electron chi connectivity index (χ2n) is 6.35. The summed E-state index contributed by atoms with van der Waals surface area (Å²) < 4.78 is 39.2. The monoisotopic (exact) mass is 451 g/mol. The van der Waals surface area contributed by atoms with Gasteiger partial charge in [0.2, 0.25) is 5.88 Å². The summed E-state index contributed by atoms with van der Waals surface area (Å²) in [4.78, 5) is 7.85. The lowest BCUT2D eigenvalue weighted by Gasteiger charge is -2.13. The van der Waals surface area contributed by atoms with Gasteiger partial charge in [-0.2, -0.15) is 11.8 Å². The van der Waals surface area contributed by atoms with E-state index in [0.29, 0.717) is 29.6 Å². The van der Waals surface area contributed by atoms with Gasteiger partial charge in [0.1, 0.15) is 28.4 Å². The highest BCUT2D eigenvalue weighted by Crippen LogP contribution is 2.33. The van der Waals surface area contributed by atoms with E-state index in [1.54, 1.807) is 17.8 Å². The molecule has 0 aliphatic heterocycles. The molecule has 9 heteroatoms. The quantitative estimate of drug-likeness (QED) is 0.348. The molecular formula is C21H20ClF2N3O2S. The maximum atomic E-state index is 14.2. The number of ether oxygens (including phenoxy) is 2. The molecule has 0 atom stereocenters. The first-order valence-electron chi connectivity index (χ1n) is 9.08. The molecule has 0 aliphatic carbocycles. The van der Waals surface area contributed by atoms with Crippen molar-refractivity contribution in [1.82, 2.24) is 9.97 Å². The predicted molar refractivity (Wildman–Crippen MR) is 116 cm³/mol. The molecule has 0 saturated carbocycles. The molecule has 30 heavy (non-hydrogen) atoms. The van der Waals surface area contributed by atoms with Crippen LogP contribution in [0.4, 0.5) is 14.6 Å². The number of nitrogen functional groups attached to an aromatic ring is 1. The molecule has 0 fully saturated rings. The summed E-state index contributed by atoms with van der Waals surface area (Å²) in [6, 6.07) is 8.91. The van der Waals surface area contributed by atoms with Gasteiger partial charge >= 0.3 is 0 Å². The Kier molecular flexibility index (Phi) is 7.70. The lowest BCUT2D eigenvalue weighted by atomic mass is 10.0. The van der Waals surface area contributed by atoms with Gasteiger partial charge in [-0.25, -0.2) is 18.7 Å². The van der Waals surface area contributed by atoms with E-state index in [1.165, 1.54) is 24.3 Å². The molecule has 3 rings (SSSR count). The SMILES string of the molecule is CSCc1cc(Cl)nc(OCCCOc2cc(F)ccc2-c2cc(N)ncc2F)c1. The molecule has 0 saturated heterocycles. The number of hydrogen-bond donors (Lipinski definition) is 1. The summed E-state index contributed by atoms with van der Waals surface area (Å²) in [5, 5.41) is 0.371. The van der Waals surface area contributed by atoms with E-state index in [9.17, 15) is 8.78 Å². The van der Waals surface area contributed by atoms with Crippen molar-refractivity contribution in [2.75, 3.05) is 25.2 Å². The smallest absolute Gasteiger partial charge is 0.214 e. The van der Waals surface area contributed by atoms with Crippen molar-refractivity contribution >= 4 is 29.2 Å². The Hall–Kier alpha value is -2.58. The Morgan fingerprint density at radius 1 is 1.07 bits per heavy atom. The Balaban J connectivity index is 1.62. The van der Waals surface area contributed by atoms with E-state index in [-0.39, 0.29) is 23.7 Å². The molecule has 0 aliphatic rings. The molecule has 0 amide bonds. The van der Waals surface area contributed by atoms with Gasteiger partial charge in [-0.15, -0.1) is 0 Å². The van der Waals surface area contributed by atoms with Crippen LogP contribution in [0, 0.1) is 11.6 Å². The van der Waals surface area contributed by atoms with Crippen LogP contribution in [0.25, 0.3) is 11.1 Å². The molecule has 5 nitrogen and oxygen atoms in total. The van der Waals surface area contributed by atoms with Crippen LogP contribution in [-0.4, -0.2) is 29.4 Å². The summed E-state index contributed by atoms with van der Waals surface area (Å²) in [6.07, 6.45) is 3.52. The Morgan fingerprint density at radius 3 is 2.67 bits per heavy atom. The van der Waals surface area contributed by atoms with E-state index in [4.69, 9.17) is 26.8 Å². The number of nitrogens with two attached hydrogens (primary N) is 1. The first-order valence-corrected chi connectivity index (χ1v) is 10.9. The van der Waals surface area contributed by atoms with Crippen LogP contribution in [0.2, 0.25) is 5.15 Å². The number of benzene rings is 1. The van der Waals surface area contributed by atoms with Gasteiger partial charge < -0.3 is 15.2 Å². The van der Waals surface area contributed by atoms with Crippen LogP contribution in [0.1, 0.15) is 12.0 Å². The first kappa shape index (κ1) is 22.1. The zero-order valence-corrected chi connectivity index (χ0v) is 17.8. The molecule has 0 unspecified atom stereocenters. The minimum atomic E-state index is -0.572. The van der Waals surface area contributed by atoms with Crippen molar-refractivity contribution in [2.45, 2.75) is 12.2 Å². The number of pyridine rings is 2. The minimum Gasteiger partial charge on any atom is -0.493 e. The summed E-state index contributed by atoms with van der Waals surface area (Å²) >= 11 is 7.69. The van der Waals surface area contributed by atoms with Gasteiger partial charge in [0.25, 0.3) is 0 Å². The van der Waals surface area contributed by atoms with Crippen LogP contribution < -0.4 is 15.2 Å². The van der Waals surface area contributed by atoms with Crippen molar-refractivity contribution in [1.29, 1.82) is 0 Å². The molecule has 0 bridgehead atoms. The third-order valence-corrected chi connectivity index (χ3v) is 4.86. The summed E-state index contributed by atoms with van der Waals surface area (Å²) in [7, 11) is 0. The largest absolute Gasteiger partial charge is 0.493 e. The van der Waals surface area contributed by atoms with E-state index >= 15 is 0 Å². The summed E-state index contributed by atoms with van der Waals surface area (Å²) in [5.74, 6) is 0.550. The number of aromatic nitrogens is 2. The van der Waals surface area contributed by atoms with Crippen LogP contribution in [0.15, 0.2) is 42.6 Å². The van der Waals surface area contributed by atoms with Crippen LogP contribution in [0.3, 0.4) is 0 Å². The van der Waals surface area contributed by atoms with E-state index in [1.807, 2.05) is 12.3 Å². The molecule has 158 valence electrons. The lowest BCUT2D eigenvalue weighted by molar-refractivity contribution is 0.242. The molecule has 2 aromatic heterocycles. The van der Waals surface area contributed by atoms with Crippen molar-refractivity contribution in [3.8, 4) is 22.8 Å². The fourth-order valence-corrected chi connectivity index (χ4v) is 3.49. The van der Waals surface area contributed by atoms with Crippen molar-refractivity contribution in [2.24, 2.45) is 0 Å². The lowest BCUT2D eigenvalue weighted by Crippen LogP contribution is -2.07. The minimum absolute atomic E-state index is 0.157. The Morgan fingerprint density at radius 2 is 1.87 bits per heavy atom. The molecular weight excluding hydrogens is 432 g/mol. The molecule has 0 spiro atoms. The van der Waals surface area contributed by atoms with Crippen LogP contribution in [-0.2, 0) is 5.75 Å². The zero-order valence-electron chi connectivity index (χ0n) is 16.2. The van der Waals surface area contributed by atoms with Crippen molar-refractivity contribution in [3.05, 3.63) is 64.9 Å². The van der Waals surface area contributed by atoms with E-state index in [2.05, 4.69) is 9.97 Å². The number of halogens is 3. The molecule has 1 aromatic carbocycles. The summed E-state index contributed by atoms with van der Waals surface area (Å²) in [6.45, 7) is 0.560. The Bertz CT molecular complexity index is 1020. The third-order valence-electron chi connectivity index (χ3n) is 4.05. The second-order valence-corrected chi connectivity index (χ2v) is 7.60. The molecule has 2 N–H and O–H groups in total. The highest BCUT2D eigenvalue weighted by atomic mass is 35.5. The molecule has 0 radical (unpaired) electrons. The topological polar surface area (TPSA) is 70.3 Å². The van der Waals surface area contributed by atoms with Gasteiger partial charge in [-0.3, -0.25) is 0 Å². The maximum Gasteiger partial charge on any atom is 0.214 e. The maximum absolute atomic E-state index is 14.2. The third kappa shape index (κ3) is 5.96. The number of nitrogens with zero attached hydrogens (tertiary/aromatic N) is 2. The van der Waals surface area contributed by atoms with Crippen molar-refractivity contribution < 1.29 is 18.3 Å². The van der Waals surface area contributed by atoms with Crippen LogP contribution in [0.5, 0.6) is 11.6 Å². The standard InChI is InChI=1S/C21H20ClF2N3O2S/c1-30-12-13-7-19(22)27-21(8-13)29-6-2-5-28-18-9-14(23)3-4-15(18)16-10-20(25)26-11-17(16)24/h3-4,7-11H,2,5-6,12H2,1H3,(H2,25,26). The van der Waals surface area contributed by atoms with Crippen LogP contribution >= 0.6 is 23.4 Å². The first-order chi connectivity index (χ1) is 14.5. The summed E-state index contributed by atoms with van der Waals surface area (Å²) in [5.41, 5.74) is 7.26. The van der Waals surface area contributed by atoms with Gasteiger partial charge in [-0.1, -0.05) is 11.6 Å². The second kappa shape index (κ2) is 10.4. The number of anilines is 1. The Labute approximate surface area is 182 Å². The molecule has 3 aromatic rings. The van der Waals surface area contributed by atoms with E-state index in [0.717, 1.165) is 17.5 Å². The van der Waals surface area contributed by atoms with E-state index < -0.39 is 11.6 Å². The zero-order chi connectivity index (χ0) is 21.5. The van der Waals surface area contributed by atoms with Gasteiger partial charge in [0.15, 0.2) is 0 Å². The van der Waals surface area contributed by atoms with Gasteiger partial charge in [-0.05, 0) is 36.1 Å². The normalized spacial score (nSPS) is 10.8. The fraction of sp³-hybridized carbons (Fsp3) is 0.238. The fourth-order valence-electron chi connectivity index (χ4n) is 2.76. The van der Waals surface area contributed by atoms with Gasteiger partial charge in [0, 0.05) is 35.4 Å². The predicted octanol–water partition coefficient (Wildman–Crippen LogP) is 5.37. The number of hydrogen-bond acceptors (Lipinski definition) is 6. The average molecular weight is 452 g/mol. The number of rotatable bonds is 9. The highest BCUT2D eigenvalue weighted by molar-refractivity contribution is 7.97. The molecule has 2 heterocycles. The van der Waals surface area contributed by atoms with Gasteiger partial charge in [0.05, 0.1) is 19.4 Å².